The largest absolute Gasteiger partial charge is 0.390 e. The van der Waals surface area contributed by atoms with Crippen LogP contribution < -0.4 is 10.5 Å². The molecule has 112 valence electrons. The van der Waals surface area contributed by atoms with Crippen molar-refractivity contribution in [1.82, 2.24) is 9.55 Å². The minimum absolute atomic E-state index is 0.0252. The second-order valence-corrected chi connectivity index (χ2v) is 6.44. The molecule has 1 aromatic heterocycles. The van der Waals surface area contributed by atoms with Gasteiger partial charge in [0.15, 0.2) is 5.82 Å². The molecule has 0 spiro atoms. The first-order valence-electron chi connectivity index (χ1n) is 7.42. The molecule has 2 heterocycles. The summed E-state index contributed by atoms with van der Waals surface area (Å²) in [5, 5.41) is 10.1. The Kier molecular flexibility index (Phi) is 4.48. The Balaban J connectivity index is 2.22. The molecule has 0 aromatic carbocycles. The zero-order valence-corrected chi connectivity index (χ0v) is 12.7. The highest BCUT2D eigenvalue weighted by atomic mass is 16.3. The van der Waals surface area contributed by atoms with E-state index in [1.165, 1.54) is 0 Å². The van der Waals surface area contributed by atoms with E-state index >= 15 is 0 Å². The number of anilines is 1. The topological polar surface area (TPSA) is 58.4 Å². The molecule has 1 aromatic rings. The first-order valence-corrected chi connectivity index (χ1v) is 7.42. The van der Waals surface area contributed by atoms with Crippen LogP contribution in [-0.2, 0) is 6.54 Å². The lowest BCUT2D eigenvalue weighted by molar-refractivity contribution is 0.0481. The maximum absolute atomic E-state index is 12.5. The molecule has 1 unspecified atom stereocenters. The van der Waals surface area contributed by atoms with Gasteiger partial charge in [-0.15, -0.1) is 0 Å². The molecule has 1 aliphatic rings. The lowest BCUT2D eigenvalue weighted by Crippen LogP contribution is -2.35. The van der Waals surface area contributed by atoms with E-state index in [-0.39, 0.29) is 5.56 Å². The lowest BCUT2D eigenvalue weighted by atomic mass is 9.98. The van der Waals surface area contributed by atoms with Gasteiger partial charge in [-0.2, -0.15) is 0 Å². The van der Waals surface area contributed by atoms with Crippen LogP contribution in [0.3, 0.4) is 0 Å². The molecule has 2 rings (SSSR count). The lowest BCUT2D eigenvalue weighted by Gasteiger charge is -2.23. The normalized spacial score (nSPS) is 23.9. The summed E-state index contributed by atoms with van der Waals surface area (Å²) in [5.74, 6) is 0.943. The molecular formula is C15H25N3O2. The number of rotatable bonds is 3. The fraction of sp³-hybridized carbons (Fsp3) is 0.733. The Morgan fingerprint density at radius 2 is 2.15 bits per heavy atom. The molecule has 0 bridgehead atoms. The van der Waals surface area contributed by atoms with Crippen LogP contribution in [0, 0.1) is 5.92 Å². The van der Waals surface area contributed by atoms with Gasteiger partial charge in [-0.3, -0.25) is 4.79 Å². The summed E-state index contributed by atoms with van der Waals surface area (Å²) in [6.07, 6.45) is 5.78. The minimum Gasteiger partial charge on any atom is -0.390 e. The SMILES string of the molecule is CC(C)Cn1ccnc(N2CCCC(C)(O)CC2)c1=O. The Bertz CT molecular complexity index is 508. The van der Waals surface area contributed by atoms with Crippen LogP contribution >= 0.6 is 0 Å². The molecule has 1 aliphatic heterocycles. The van der Waals surface area contributed by atoms with E-state index in [9.17, 15) is 9.90 Å². The summed E-state index contributed by atoms with van der Waals surface area (Å²) in [6, 6.07) is 0. The third kappa shape index (κ3) is 3.60. The molecule has 0 aliphatic carbocycles. The first kappa shape index (κ1) is 15.0. The van der Waals surface area contributed by atoms with Gasteiger partial charge in [0.2, 0.25) is 0 Å². The van der Waals surface area contributed by atoms with Crippen molar-refractivity contribution in [2.24, 2.45) is 5.92 Å². The first-order chi connectivity index (χ1) is 9.39. The average molecular weight is 279 g/mol. The highest BCUT2D eigenvalue weighted by Gasteiger charge is 2.26. The van der Waals surface area contributed by atoms with Crippen molar-refractivity contribution in [2.75, 3.05) is 18.0 Å². The maximum Gasteiger partial charge on any atom is 0.293 e. The molecule has 1 atom stereocenters. The smallest absolute Gasteiger partial charge is 0.293 e. The van der Waals surface area contributed by atoms with E-state index in [4.69, 9.17) is 0 Å². The Hall–Kier alpha value is -1.36. The Morgan fingerprint density at radius 3 is 2.85 bits per heavy atom. The number of aliphatic hydroxyl groups is 1. The van der Waals surface area contributed by atoms with Gasteiger partial charge >= 0.3 is 0 Å². The summed E-state index contributed by atoms with van der Waals surface area (Å²) in [7, 11) is 0. The fourth-order valence-corrected chi connectivity index (χ4v) is 2.67. The molecule has 1 N–H and O–H groups in total. The molecule has 5 nitrogen and oxygen atoms in total. The van der Waals surface area contributed by atoms with Gasteiger partial charge < -0.3 is 14.6 Å². The molecule has 1 saturated heterocycles. The molecule has 1 fully saturated rings. The Labute approximate surface area is 120 Å². The molecule has 5 heteroatoms. The number of hydrogen-bond donors (Lipinski definition) is 1. The van der Waals surface area contributed by atoms with Gasteiger partial charge in [0.05, 0.1) is 5.60 Å². The summed E-state index contributed by atoms with van der Waals surface area (Å²) in [4.78, 5) is 18.8. The fourth-order valence-electron chi connectivity index (χ4n) is 2.67. The zero-order valence-electron chi connectivity index (χ0n) is 12.7. The van der Waals surface area contributed by atoms with Crippen LogP contribution in [0.15, 0.2) is 17.2 Å². The monoisotopic (exact) mass is 279 g/mol. The van der Waals surface area contributed by atoms with E-state index in [1.807, 2.05) is 11.8 Å². The number of aromatic nitrogens is 2. The van der Waals surface area contributed by atoms with E-state index in [0.717, 1.165) is 19.4 Å². The second-order valence-electron chi connectivity index (χ2n) is 6.44. The summed E-state index contributed by atoms with van der Waals surface area (Å²) in [5.41, 5.74) is -0.650. The van der Waals surface area contributed by atoms with Crippen LogP contribution in [0.4, 0.5) is 5.82 Å². The molecule has 0 radical (unpaired) electrons. The predicted octanol–water partition coefficient (Wildman–Crippen LogP) is 1.64. The van der Waals surface area contributed by atoms with Gasteiger partial charge in [0.1, 0.15) is 0 Å². The standard InChI is InChI=1S/C15H25N3O2/c1-12(2)11-18-10-7-16-13(14(18)19)17-8-4-5-15(3,20)6-9-17/h7,10,12,20H,4-6,8-9,11H2,1-3H3. The van der Waals surface area contributed by atoms with Gasteiger partial charge in [-0.25, -0.2) is 4.98 Å². The highest BCUT2D eigenvalue weighted by Crippen LogP contribution is 2.22. The van der Waals surface area contributed by atoms with Crippen molar-refractivity contribution in [3.05, 3.63) is 22.7 Å². The molecular weight excluding hydrogens is 254 g/mol. The van der Waals surface area contributed by atoms with Crippen molar-refractivity contribution in [3.63, 3.8) is 0 Å². The average Bonchev–Trinajstić information content (AvgIpc) is 2.53. The van der Waals surface area contributed by atoms with Gasteiger partial charge in [0, 0.05) is 32.0 Å². The maximum atomic E-state index is 12.5. The van der Waals surface area contributed by atoms with Crippen LogP contribution in [0.1, 0.15) is 40.0 Å². The predicted molar refractivity (Wildman–Crippen MR) is 80.0 cm³/mol. The number of hydrogen-bond acceptors (Lipinski definition) is 4. The third-order valence-electron chi connectivity index (χ3n) is 3.82. The van der Waals surface area contributed by atoms with Crippen molar-refractivity contribution in [3.8, 4) is 0 Å². The molecule has 0 saturated carbocycles. The molecule has 0 amide bonds. The Morgan fingerprint density at radius 1 is 1.40 bits per heavy atom. The molecule has 20 heavy (non-hydrogen) atoms. The highest BCUT2D eigenvalue weighted by molar-refractivity contribution is 5.35. The van der Waals surface area contributed by atoms with Crippen LogP contribution in [0.2, 0.25) is 0 Å². The van der Waals surface area contributed by atoms with Crippen molar-refractivity contribution >= 4 is 5.82 Å². The van der Waals surface area contributed by atoms with Crippen molar-refractivity contribution in [1.29, 1.82) is 0 Å². The van der Waals surface area contributed by atoms with Crippen LogP contribution in [0.5, 0.6) is 0 Å². The van der Waals surface area contributed by atoms with Gasteiger partial charge in [-0.05, 0) is 32.1 Å². The summed E-state index contributed by atoms with van der Waals surface area (Å²) < 4.78 is 1.73. The zero-order chi connectivity index (χ0) is 14.8. The minimum atomic E-state index is -0.625. The van der Waals surface area contributed by atoms with Gasteiger partial charge in [0.25, 0.3) is 5.56 Å². The van der Waals surface area contributed by atoms with Gasteiger partial charge in [-0.1, -0.05) is 13.8 Å². The van der Waals surface area contributed by atoms with Crippen LogP contribution in [-0.4, -0.2) is 33.3 Å². The van der Waals surface area contributed by atoms with E-state index in [2.05, 4.69) is 18.8 Å². The van der Waals surface area contributed by atoms with E-state index in [0.29, 0.717) is 31.2 Å². The second kappa shape index (κ2) is 5.95. The number of nitrogens with zero attached hydrogens (tertiary/aromatic N) is 3. The van der Waals surface area contributed by atoms with Crippen LogP contribution in [0.25, 0.3) is 0 Å². The van der Waals surface area contributed by atoms with Crippen molar-refractivity contribution in [2.45, 2.75) is 52.2 Å². The van der Waals surface area contributed by atoms with E-state index < -0.39 is 5.60 Å². The summed E-state index contributed by atoms with van der Waals surface area (Å²) >= 11 is 0. The summed E-state index contributed by atoms with van der Waals surface area (Å²) in [6.45, 7) is 8.22. The van der Waals surface area contributed by atoms with Crippen molar-refractivity contribution < 1.29 is 5.11 Å². The third-order valence-corrected chi connectivity index (χ3v) is 3.82. The van der Waals surface area contributed by atoms with E-state index in [1.54, 1.807) is 17.0 Å². The quantitative estimate of drug-likeness (QED) is 0.914.